The highest BCUT2D eigenvalue weighted by molar-refractivity contribution is 6.76. The molecule has 0 radical (unpaired) electrons. The van der Waals surface area contributed by atoms with Gasteiger partial charge in [0.25, 0.3) is 0 Å². The summed E-state index contributed by atoms with van der Waals surface area (Å²) < 4.78 is 56.2. The van der Waals surface area contributed by atoms with Crippen molar-refractivity contribution in [1.29, 1.82) is 0 Å². The summed E-state index contributed by atoms with van der Waals surface area (Å²) in [6, 6.07) is 20.9. The number of likely N-dealkylation sites (N-methyl/N-ethyl adjacent to an activating group) is 1. The first-order chi connectivity index (χ1) is 22.8. The SMILES string of the molecule is CN(C)C(=O)/C=C/CNCCOc1ccc(/C(=C(/CC(F)(F)F)c2ccccc2)c2ccc3c(ccn3COCC[Si](C)(C)C)c2)cn1. The van der Waals surface area contributed by atoms with Crippen molar-refractivity contribution in [3.05, 3.63) is 108 Å². The molecule has 4 rings (SSSR count). The molecule has 0 aliphatic carbocycles. The number of amides is 1. The number of rotatable bonds is 16. The average Bonchev–Trinajstić information content (AvgIpc) is 3.44. The lowest BCUT2D eigenvalue weighted by atomic mass is 9.88. The van der Waals surface area contributed by atoms with E-state index < -0.39 is 20.7 Å². The van der Waals surface area contributed by atoms with Gasteiger partial charge in [0.1, 0.15) is 13.3 Å². The Morgan fingerprint density at radius 1 is 0.979 bits per heavy atom. The topological polar surface area (TPSA) is 68.6 Å². The van der Waals surface area contributed by atoms with Crippen LogP contribution in [-0.2, 0) is 16.3 Å². The second kappa shape index (κ2) is 16.8. The predicted octanol–water partition coefficient (Wildman–Crippen LogP) is 7.87. The second-order valence-corrected chi connectivity index (χ2v) is 18.6. The number of alkyl halides is 3. The average molecular weight is 679 g/mol. The Kier molecular flexibility index (Phi) is 12.8. The Hall–Kier alpha value is -4.19. The Bertz CT molecular complexity index is 1690. The molecule has 0 spiro atoms. The van der Waals surface area contributed by atoms with Crippen LogP contribution in [0, 0.1) is 0 Å². The number of hydrogen-bond acceptors (Lipinski definition) is 5. The van der Waals surface area contributed by atoms with Gasteiger partial charge in [0.05, 0.1) is 11.9 Å². The minimum Gasteiger partial charge on any atom is -0.476 e. The van der Waals surface area contributed by atoms with Gasteiger partial charge in [-0.05, 0) is 52.6 Å². The molecule has 0 unspecified atom stereocenters. The van der Waals surface area contributed by atoms with Crippen molar-refractivity contribution >= 4 is 36.0 Å². The number of allylic oxidation sites excluding steroid dienone is 1. The Labute approximate surface area is 282 Å². The standard InChI is InChI=1S/C37H45F3N4O3Si/c1-43(2)35(45)12-9-18-41-19-21-47-34-16-14-31(26-42-34)36(32(25-37(38,39)40)28-10-7-6-8-11-28)30-13-15-33-29(24-30)17-20-44(33)27-46-22-23-48(3,4)5/h6-17,20,24,26,41H,18-19,21-23,25,27H2,1-5H3/b12-9+,36-32-. The fourth-order valence-corrected chi connectivity index (χ4v) is 5.79. The molecule has 256 valence electrons. The molecular weight excluding hydrogens is 634 g/mol. The minimum atomic E-state index is -4.43. The zero-order valence-electron chi connectivity index (χ0n) is 28.3. The molecule has 0 atom stereocenters. The van der Waals surface area contributed by atoms with Gasteiger partial charge in [-0.25, -0.2) is 4.98 Å². The fourth-order valence-electron chi connectivity index (χ4n) is 5.03. The van der Waals surface area contributed by atoms with Crippen LogP contribution < -0.4 is 10.1 Å². The Balaban J connectivity index is 1.60. The summed E-state index contributed by atoms with van der Waals surface area (Å²) >= 11 is 0. The number of ether oxygens (including phenoxy) is 2. The zero-order chi connectivity index (χ0) is 34.7. The highest BCUT2D eigenvalue weighted by atomic mass is 28.3. The number of nitrogens with one attached hydrogen (secondary N) is 1. The van der Waals surface area contributed by atoms with Crippen molar-refractivity contribution in [3.8, 4) is 5.88 Å². The summed E-state index contributed by atoms with van der Waals surface area (Å²) in [7, 11) is 2.16. The van der Waals surface area contributed by atoms with Gasteiger partial charge in [0, 0.05) is 77.4 Å². The largest absolute Gasteiger partial charge is 0.476 e. The number of benzene rings is 2. The summed E-state index contributed by atoms with van der Waals surface area (Å²) in [6.45, 7) is 9.37. The third kappa shape index (κ3) is 11.2. The summed E-state index contributed by atoms with van der Waals surface area (Å²) in [5.74, 6) is 0.268. The van der Waals surface area contributed by atoms with E-state index in [9.17, 15) is 18.0 Å². The first kappa shape index (κ1) is 36.6. The van der Waals surface area contributed by atoms with E-state index in [0.717, 1.165) is 16.9 Å². The maximum Gasteiger partial charge on any atom is 0.393 e. The van der Waals surface area contributed by atoms with E-state index in [0.29, 0.717) is 61.2 Å². The third-order valence-electron chi connectivity index (χ3n) is 7.60. The molecule has 0 saturated heterocycles. The van der Waals surface area contributed by atoms with Crippen molar-refractivity contribution in [2.24, 2.45) is 0 Å². The number of pyridine rings is 1. The van der Waals surface area contributed by atoms with Gasteiger partial charge in [-0.2, -0.15) is 13.2 Å². The molecule has 7 nitrogen and oxygen atoms in total. The van der Waals surface area contributed by atoms with Crippen LogP contribution in [0.4, 0.5) is 13.2 Å². The molecule has 2 aromatic carbocycles. The predicted molar refractivity (Wildman–Crippen MR) is 190 cm³/mol. The van der Waals surface area contributed by atoms with Crippen molar-refractivity contribution in [3.63, 3.8) is 0 Å². The van der Waals surface area contributed by atoms with Crippen LogP contribution in [0.3, 0.4) is 0 Å². The van der Waals surface area contributed by atoms with E-state index in [4.69, 9.17) is 9.47 Å². The number of nitrogens with zero attached hydrogens (tertiary/aromatic N) is 3. The van der Waals surface area contributed by atoms with Crippen molar-refractivity contribution < 1.29 is 27.4 Å². The summed E-state index contributed by atoms with van der Waals surface area (Å²) in [4.78, 5) is 17.6. The van der Waals surface area contributed by atoms with Gasteiger partial charge in [-0.3, -0.25) is 4.79 Å². The summed E-state index contributed by atoms with van der Waals surface area (Å²) in [5, 5.41) is 4.06. The molecule has 2 aromatic heterocycles. The van der Waals surface area contributed by atoms with Gasteiger partial charge >= 0.3 is 6.18 Å². The highest BCUT2D eigenvalue weighted by Crippen LogP contribution is 2.40. The van der Waals surface area contributed by atoms with Crippen LogP contribution in [0.1, 0.15) is 23.1 Å². The number of halogens is 3. The maximum absolute atomic E-state index is 14.1. The molecule has 0 aliphatic heterocycles. The number of aromatic nitrogens is 2. The van der Waals surface area contributed by atoms with Crippen LogP contribution in [0.5, 0.6) is 5.88 Å². The first-order valence-electron chi connectivity index (χ1n) is 16.0. The Morgan fingerprint density at radius 3 is 2.40 bits per heavy atom. The molecule has 0 fully saturated rings. The second-order valence-electron chi connectivity index (χ2n) is 13.0. The van der Waals surface area contributed by atoms with Crippen LogP contribution in [0.2, 0.25) is 25.7 Å². The van der Waals surface area contributed by atoms with E-state index in [1.807, 2.05) is 35.0 Å². The molecular formula is C37H45F3N4O3Si. The summed E-state index contributed by atoms with van der Waals surface area (Å²) in [6.07, 6.45) is 1.21. The number of carbonyl (C=O) groups excluding carboxylic acids is 1. The third-order valence-corrected chi connectivity index (χ3v) is 9.31. The monoisotopic (exact) mass is 678 g/mol. The highest BCUT2D eigenvalue weighted by Gasteiger charge is 2.31. The zero-order valence-corrected chi connectivity index (χ0v) is 29.3. The number of carbonyl (C=O) groups is 1. The van der Waals surface area contributed by atoms with Crippen LogP contribution in [0.25, 0.3) is 22.0 Å². The van der Waals surface area contributed by atoms with Crippen molar-refractivity contribution in [2.75, 3.05) is 40.4 Å². The van der Waals surface area contributed by atoms with E-state index in [2.05, 4.69) is 29.9 Å². The molecule has 48 heavy (non-hydrogen) atoms. The lowest BCUT2D eigenvalue weighted by molar-refractivity contribution is -0.124. The van der Waals surface area contributed by atoms with Crippen LogP contribution in [-0.4, -0.2) is 75.0 Å². The lowest BCUT2D eigenvalue weighted by Gasteiger charge is -2.19. The fraction of sp³-hybridized carbons (Fsp3) is 0.351. The molecule has 0 aliphatic rings. The normalized spacial score (nSPS) is 12.8. The van der Waals surface area contributed by atoms with Gasteiger partial charge in [0.15, 0.2) is 0 Å². The van der Waals surface area contributed by atoms with E-state index >= 15 is 0 Å². The summed E-state index contributed by atoms with van der Waals surface area (Å²) in [5.41, 5.74) is 3.26. The first-order valence-corrected chi connectivity index (χ1v) is 19.7. The quantitative estimate of drug-likeness (QED) is 0.0566. The Morgan fingerprint density at radius 2 is 1.73 bits per heavy atom. The molecule has 1 N–H and O–H groups in total. The maximum atomic E-state index is 14.1. The van der Waals surface area contributed by atoms with Gasteiger partial charge < -0.3 is 24.3 Å². The van der Waals surface area contributed by atoms with Crippen LogP contribution >= 0.6 is 0 Å². The molecule has 0 saturated carbocycles. The lowest BCUT2D eigenvalue weighted by Crippen LogP contribution is -2.22. The van der Waals surface area contributed by atoms with Gasteiger partial charge in [0.2, 0.25) is 11.8 Å². The molecule has 1 amide bonds. The van der Waals surface area contributed by atoms with E-state index in [-0.39, 0.29) is 11.5 Å². The minimum absolute atomic E-state index is 0.0902. The molecule has 4 aromatic rings. The van der Waals surface area contributed by atoms with Crippen molar-refractivity contribution in [2.45, 2.75) is 45.0 Å². The van der Waals surface area contributed by atoms with Crippen molar-refractivity contribution in [1.82, 2.24) is 19.8 Å². The van der Waals surface area contributed by atoms with E-state index in [1.54, 1.807) is 68.8 Å². The molecule has 2 heterocycles. The van der Waals surface area contributed by atoms with E-state index in [1.165, 1.54) is 11.0 Å². The number of hydrogen-bond donors (Lipinski definition) is 1. The van der Waals surface area contributed by atoms with Crippen LogP contribution in [0.15, 0.2) is 91.3 Å². The molecule has 0 bridgehead atoms. The van der Waals surface area contributed by atoms with Gasteiger partial charge in [-0.15, -0.1) is 0 Å². The number of fused-ring (bicyclic) bond motifs is 1. The molecule has 11 heteroatoms. The van der Waals surface area contributed by atoms with Gasteiger partial charge in [-0.1, -0.05) is 62.1 Å². The smallest absolute Gasteiger partial charge is 0.393 e.